The van der Waals surface area contributed by atoms with Gasteiger partial charge >= 0.3 is 0 Å². The van der Waals surface area contributed by atoms with Gasteiger partial charge in [-0.15, -0.1) is 11.3 Å². The van der Waals surface area contributed by atoms with Gasteiger partial charge in [0.15, 0.2) is 10.8 Å². The number of aromatic nitrogens is 1. The van der Waals surface area contributed by atoms with Crippen molar-refractivity contribution in [1.82, 2.24) is 10.3 Å². The Kier molecular flexibility index (Phi) is 4.92. The molecule has 0 aliphatic carbocycles. The summed E-state index contributed by atoms with van der Waals surface area (Å²) >= 11 is 1.48. The van der Waals surface area contributed by atoms with Gasteiger partial charge in [-0.05, 0) is 31.5 Å². The van der Waals surface area contributed by atoms with Gasteiger partial charge < -0.3 is 15.5 Å². The summed E-state index contributed by atoms with van der Waals surface area (Å²) in [4.78, 5) is 16.2. The fourth-order valence-electron chi connectivity index (χ4n) is 1.65. The molecule has 2 heterocycles. The third-order valence-corrected chi connectivity index (χ3v) is 3.80. The molecule has 0 radical (unpaired) electrons. The molecule has 0 spiro atoms. The van der Waals surface area contributed by atoms with Crippen LogP contribution >= 0.6 is 11.3 Å². The third kappa shape index (κ3) is 3.91. The first-order valence-electron chi connectivity index (χ1n) is 6.56. The largest absolute Gasteiger partial charge is 0.459 e. The molecule has 0 aromatic carbocycles. The predicted molar refractivity (Wildman–Crippen MR) is 79.5 cm³/mol. The zero-order valence-electron chi connectivity index (χ0n) is 11.7. The molecule has 2 aromatic rings. The first kappa shape index (κ1) is 14.7. The fraction of sp³-hybridized carbons (Fsp3) is 0.429. The number of carbonyl (C=O) groups excluding carboxylic acids is 1. The van der Waals surface area contributed by atoms with E-state index in [0.29, 0.717) is 13.1 Å². The summed E-state index contributed by atoms with van der Waals surface area (Å²) in [5.74, 6) is 1.86. The smallest absolute Gasteiger partial charge is 0.226 e. The number of hydrogen-bond acceptors (Lipinski definition) is 5. The van der Waals surface area contributed by atoms with Crippen molar-refractivity contribution < 1.29 is 9.21 Å². The summed E-state index contributed by atoms with van der Waals surface area (Å²) in [6, 6.07) is 3.79. The number of nitrogens with two attached hydrogens (primary N) is 1. The van der Waals surface area contributed by atoms with Gasteiger partial charge in [-0.25, -0.2) is 4.98 Å². The van der Waals surface area contributed by atoms with Crippen LogP contribution in [0.1, 0.15) is 18.4 Å². The van der Waals surface area contributed by atoms with E-state index in [4.69, 9.17) is 10.2 Å². The highest BCUT2D eigenvalue weighted by Gasteiger charge is 2.11. The zero-order valence-corrected chi connectivity index (χ0v) is 12.5. The van der Waals surface area contributed by atoms with Crippen LogP contribution in [0.5, 0.6) is 0 Å². The number of aryl methyl sites for hydroxylation is 1. The van der Waals surface area contributed by atoms with Gasteiger partial charge in [0.1, 0.15) is 5.76 Å². The predicted octanol–water partition coefficient (Wildman–Crippen LogP) is 1.97. The van der Waals surface area contributed by atoms with Crippen molar-refractivity contribution >= 4 is 17.2 Å². The van der Waals surface area contributed by atoms with Gasteiger partial charge in [0.05, 0.1) is 12.1 Å². The van der Waals surface area contributed by atoms with E-state index in [1.165, 1.54) is 11.3 Å². The molecule has 0 bridgehead atoms. The lowest BCUT2D eigenvalue weighted by molar-refractivity contribution is -0.120. The van der Waals surface area contributed by atoms with Crippen molar-refractivity contribution in [1.29, 1.82) is 0 Å². The van der Waals surface area contributed by atoms with Gasteiger partial charge in [-0.2, -0.15) is 0 Å². The molecule has 5 nitrogen and oxygen atoms in total. The molecule has 108 valence electrons. The van der Waals surface area contributed by atoms with E-state index in [1.54, 1.807) is 0 Å². The normalized spacial score (nSPS) is 12.3. The highest BCUT2D eigenvalue weighted by molar-refractivity contribution is 7.13. The second-order valence-electron chi connectivity index (χ2n) is 4.88. The van der Waals surface area contributed by atoms with E-state index in [0.717, 1.165) is 22.2 Å². The topological polar surface area (TPSA) is 81.2 Å². The second-order valence-corrected chi connectivity index (χ2v) is 5.73. The van der Waals surface area contributed by atoms with Crippen LogP contribution in [0.4, 0.5) is 0 Å². The van der Waals surface area contributed by atoms with Crippen molar-refractivity contribution in [3.05, 3.63) is 29.0 Å². The lowest BCUT2D eigenvalue weighted by Crippen LogP contribution is -2.32. The molecule has 0 saturated carbocycles. The Morgan fingerprint density at radius 2 is 2.35 bits per heavy atom. The van der Waals surface area contributed by atoms with Crippen LogP contribution in [0, 0.1) is 12.8 Å². The summed E-state index contributed by atoms with van der Waals surface area (Å²) in [5.41, 5.74) is 6.27. The number of furan rings is 1. The lowest BCUT2D eigenvalue weighted by atomic mass is 10.2. The fourth-order valence-corrected chi connectivity index (χ4v) is 2.43. The minimum atomic E-state index is -0.0298. The van der Waals surface area contributed by atoms with Crippen LogP contribution in [0.15, 0.2) is 21.9 Å². The number of rotatable bonds is 6. The van der Waals surface area contributed by atoms with Gasteiger partial charge in [-0.1, -0.05) is 6.92 Å². The zero-order chi connectivity index (χ0) is 14.5. The first-order chi connectivity index (χ1) is 9.58. The molecule has 6 heteroatoms. The third-order valence-electron chi connectivity index (χ3n) is 2.89. The van der Waals surface area contributed by atoms with E-state index < -0.39 is 0 Å². The Bertz CT molecular complexity index is 576. The maximum Gasteiger partial charge on any atom is 0.226 e. The Labute approximate surface area is 122 Å². The van der Waals surface area contributed by atoms with Crippen LogP contribution in [-0.4, -0.2) is 24.0 Å². The van der Waals surface area contributed by atoms with Crippen molar-refractivity contribution in [2.45, 2.75) is 20.3 Å². The van der Waals surface area contributed by atoms with Gasteiger partial charge in [-0.3, -0.25) is 4.79 Å². The number of nitrogens with zero attached hydrogens (tertiary/aromatic N) is 1. The molecule has 3 N–H and O–H groups in total. The molecule has 0 fully saturated rings. The van der Waals surface area contributed by atoms with E-state index in [9.17, 15) is 4.79 Å². The Morgan fingerprint density at radius 3 is 3.00 bits per heavy atom. The monoisotopic (exact) mass is 293 g/mol. The Morgan fingerprint density at radius 1 is 1.55 bits per heavy atom. The van der Waals surface area contributed by atoms with Crippen molar-refractivity contribution in [3.8, 4) is 10.8 Å². The molecule has 2 rings (SSSR count). The van der Waals surface area contributed by atoms with E-state index in [1.807, 2.05) is 31.4 Å². The number of thiazole rings is 1. The molecule has 0 aliphatic rings. The first-order valence-corrected chi connectivity index (χ1v) is 7.44. The average Bonchev–Trinajstić information content (AvgIpc) is 3.05. The van der Waals surface area contributed by atoms with Crippen LogP contribution in [0.25, 0.3) is 10.8 Å². The standard InChI is InChI=1S/C14H19N3O2S/c1-9(6-15)7-16-13(18)5-11-8-20-14(17-11)12-4-3-10(2)19-12/h3-4,8-9H,5-7,15H2,1-2H3,(H,16,18). The van der Waals surface area contributed by atoms with Gasteiger partial charge in [0.2, 0.25) is 5.91 Å². The number of amides is 1. The summed E-state index contributed by atoms with van der Waals surface area (Å²) in [7, 11) is 0. The Balaban J connectivity index is 1.91. The number of nitrogens with one attached hydrogen (secondary N) is 1. The SMILES string of the molecule is Cc1ccc(-c2nc(CC(=O)NCC(C)CN)cs2)o1. The van der Waals surface area contributed by atoms with Crippen molar-refractivity contribution in [3.63, 3.8) is 0 Å². The average molecular weight is 293 g/mol. The number of carbonyl (C=O) groups is 1. The van der Waals surface area contributed by atoms with Crippen LogP contribution < -0.4 is 11.1 Å². The molecule has 2 aromatic heterocycles. The van der Waals surface area contributed by atoms with Crippen molar-refractivity contribution in [2.75, 3.05) is 13.1 Å². The maximum atomic E-state index is 11.8. The summed E-state index contributed by atoms with van der Waals surface area (Å²) in [6.07, 6.45) is 0.285. The minimum absolute atomic E-state index is 0.0298. The highest BCUT2D eigenvalue weighted by Crippen LogP contribution is 2.25. The number of hydrogen-bond donors (Lipinski definition) is 2. The quantitative estimate of drug-likeness (QED) is 0.853. The maximum absolute atomic E-state index is 11.8. The van der Waals surface area contributed by atoms with Crippen molar-refractivity contribution in [2.24, 2.45) is 11.7 Å². The van der Waals surface area contributed by atoms with Crippen LogP contribution in [0.2, 0.25) is 0 Å². The van der Waals surface area contributed by atoms with Crippen LogP contribution in [-0.2, 0) is 11.2 Å². The molecular formula is C14H19N3O2S. The highest BCUT2D eigenvalue weighted by atomic mass is 32.1. The summed E-state index contributed by atoms with van der Waals surface area (Å²) in [6.45, 7) is 5.06. The van der Waals surface area contributed by atoms with Gasteiger partial charge in [0, 0.05) is 11.9 Å². The molecule has 1 atom stereocenters. The van der Waals surface area contributed by atoms with E-state index in [2.05, 4.69) is 10.3 Å². The molecule has 20 heavy (non-hydrogen) atoms. The molecule has 0 aliphatic heterocycles. The van der Waals surface area contributed by atoms with Crippen LogP contribution in [0.3, 0.4) is 0 Å². The molecular weight excluding hydrogens is 274 g/mol. The second kappa shape index (κ2) is 6.67. The lowest BCUT2D eigenvalue weighted by Gasteiger charge is -2.09. The van der Waals surface area contributed by atoms with E-state index >= 15 is 0 Å². The van der Waals surface area contributed by atoms with Gasteiger partial charge in [0.25, 0.3) is 0 Å². The summed E-state index contributed by atoms with van der Waals surface area (Å²) < 4.78 is 5.51. The van der Waals surface area contributed by atoms with E-state index in [-0.39, 0.29) is 18.2 Å². The Hall–Kier alpha value is -1.66. The summed E-state index contributed by atoms with van der Waals surface area (Å²) in [5, 5.41) is 5.55. The molecule has 1 unspecified atom stereocenters. The molecule has 1 amide bonds. The molecule has 0 saturated heterocycles. The minimum Gasteiger partial charge on any atom is -0.459 e.